The van der Waals surface area contributed by atoms with Crippen molar-refractivity contribution in [3.63, 3.8) is 0 Å². The zero-order valence-corrected chi connectivity index (χ0v) is 11.8. The van der Waals surface area contributed by atoms with E-state index in [4.69, 9.17) is 10.5 Å². The van der Waals surface area contributed by atoms with Crippen molar-refractivity contribution in [1.82, 2.24) is 9.78 Å². The zero-order chi connectivity index (χ0) is 13.8. The third-order valence-corrected chi connectivity index (χ3v) is 3.86. The summed E-state index contributed by atoms with van der Waals surface area (Å²) in [7, 11) is 1.73. The fourth-order valence-corrected chi connectivity index (χ4v) is 2.71. The van der Waals surface area contributed by atoms with Crippen molar-refractivity contribution < 1.29 is 9.53 Å². The number of anilines is 1. The van der Waals surface area contributed by atoms with Gasteiger partial charge in [-0.05, 0) is 25.2 Å². The molecule has 106 valence electrons. The van der Waals surface area contributed by atoms with Crippen LogP contribution in [0.4, 0.5) is 5.69 Å². The number of esters is 1. The van der Waals surface area contributed by atoms with Crippen LogP contribution in [0.1, 0.15) is 55.2 Å². The molecule has 2 N–H and O–H groups in total. The van der Waals surface area contributed by atoms with Gasteiger partial charge >= 0.3 is 5.97 Å². The highest BCUT2D eigenvalue weighted by Crippen LogP contribution is 2.24. The van der Waals surface area contributed by atoms with E-state index in [2.05, 4.69) is 5.10 Å². The summed E-state index contributed by atoms with van der Waals surface area (Å²) in [6, 6.07) is 0. The van der Waals surface area contributed by atoms with Gasteiger partial charge in [-0.15, -0.1) is 0 Å². The summed E-state index contributed by atoms with van der Waals surface area (Å²) in [5, 5.41) is 4.24. The second-order valence-electron chi connectivity index (χ2n) is 5.29. The molecule has 1 heterocycles. The van der Waals surface area contributed by atoms with Crippen LogP contribution in [0.5, 0.6) is 0 Å². The van der Waals surface area contributed by atoms with Gasteiger partial charge in [-0.2, -0.15) is 5.10 Å². The normalized spacial score (nSPS) is 16.5. The maximum absolute atomic E-state index is 12.1. The summed E-state index contributed by atoms with van der Waals surface area (Å²) >= 11 is 0. The summed E-state index contributed by atoms with van der Waals surface area (Å²) in [6.45, 7) is 2.47. The first-order valence-corrected chi connectivity index (χ1v) is 7.12. The predicted molar refractivity (Wildman–Crippen MR) is 73.9 cm³/mol. The van der Waals surface area contributed by atoms with E-state index in [-0.39, 0.29) is 5.97 Å². The van der Waals surface area contributed by atoms with Crippen molar-refractivity contribution in [1.29, 1.82) is 0 Å². The standard InChI is InChI=1S/C14H23N3O2/c1-3-11-12(15)13(17(2)16-11)14(18)19-9-10-7-5-4-6-8-10/h10H,3-9,15H2,1-2H3. The largest absolute Gasteiger partial charge is 0.461 e. The van der Waals surface area contributed by atoms with E-state index in [1.807, 2.05) is 6.92 Å². The summed E-state index contributed by atoms with van der Waals surface area (Å²) in [5.41, 5.74) is 7.54. The Kier molecular flexibility index (Phi) is 4.45. The molecule has 1 aliphatic carbocycles. The molecule has 0 unspecified atom stereocenters. The van der Waals surface area contributed by atoms with Crippen LogP contribution in [0, 0.1) is 5.92 Å². The lowest BCUT2D eigenvalue weighted by Gasteiger charge is -2.21. The molecule has 0 aliphatic heterocycles. The molecular formula is C14H23N3O2. The predicted octanol–water partition coefficient (Wildman–Crippen LogP) is 2.30. The number of carbonyl (C=O) groups excluding carboxylic acids is 1. The lowest BCUT2D eigenvalue weighted by Crippen LogP contribution is -2.19. The lowest BCUT2D eigenvalue weighted by molar-refractivity contribution is 0.0399. The average Bonchev–Trinajstić information content (AvgIpc) is 2.72. The first-order valence-electron chi connectivity index (χ1n) is 7.12. The van der Waals surface area contributed by atoms with E-state index in [1.165, 1.54) is 23.9 Å². The van der Waals surface area contributed by atoms with Crippen LogP contribution in [0.2, 0.25) is 0 Å². The SMILES string of the molecule is CCc1nn(C)c(C(=O)OCC2CCCCC2)c1N. The molecule has 0 atom stereocenters. The van der Waals surface area contributed by atoms with Gasteiger partial charge in [0.05, 0.1) is 18.0 Å². The van der Waals surface area contributed by atoms with Crippen molar-refractivity contribution in [2.75, 3.05) is 12.3 Å². The molecule has 0 aromatic carbocycles. The smallest absolute Gasteiger partial charge is 0.358 e. The van der Waals surface area contributed by atoms with E-state index >= 15 is 0 Å². The van der Waals surface area contributed by atoms with Crippen molar-refractivity contribution in [3.05, 3.63) is 11.4 Å². The molecule has 2 rings (SSSR count). The van der Waals surface area contributed by atoms with Crippen molar-refractivity contribution in [2.45, 2.75) is 45.4 Å². The maximum atomic E-state index is 12.1. The summed E-state index contributed by atoms with van der Waals surface area (Å²) in [5.74, 6) is 0.163. The average molecular weight is 265 g/mol. The fourth-order valence-electron chi connectivity index (χ4n) is 2.71. The van der Waals surface area contributed by atoms with Gasteiger partial charge in [0.1, 0.15) is 0 Å². The van der Waals surface area contributed by atoms with Crippen LogP contribution >= 0.6 is 0 Å². The Labute approximate surface area is 114 Å². The highest BCUT2D eigenvalue weighted by molar-refractivity contribution is 5.93. The van der Waals surface area contributed by atoms with E-state index in [1.54, 1.807) is 7.05 Å². The highest BCUT2D eigenvalue weighted by atomic mass is 16.5. The van der Waals surface area contributed by atoms with Crippen LogP contribution < -0.4 is 5.73 Å². The first kappa shape index (κ1) is 13.9. The number of hydrogen-bond acceptors (Lipinski definition) is 4. The molecule has 1 aliphatic rings. The summed E-state index contributed by atoms with van der Waals surface area (Å²) in [6.07, 6.45) is 6.84. The lowest BCUT2D eigenvalue weighted by atomic mass is 9.90. The van der Waals surface area contributed by atoms with Gasteiger partial charge in [0, 0.05) is 7.05 Å². The number of aromatic nitrogens is 2. The Bertz CT molecular complexity index is 448. The quantitative estimate of drug-likeness (QED) is 0.848. The number of ether oxygens (including phenoxy) is 1. The fraction of sp³-hybridized carbons (Fsp3) is 0.714. The maximum Gasteiger partial charge on any atom is 0.358 e. The van der Waals surface area contributed by atoms with Crippen molar-refractivity contribution in [2.24, 2.45) is 13.0 Å². The highest BCUT2D eigenvalue weighted by Gasteiger charge is 2.22. The van der Waals surface area contributed by atoms with E-state index in [0.717, 1.165) is 25.0 Å². The monoisotopic (exact) mass is 265 g/mol. The van der Waals surface area contributed by atoms with Gasteiger partial charge in [-0.1, -0.05) is 26.2 Å². The molecule has 0 radical (unpaired) electrons. The van der Waals surface area contributed by atoms with Crippen LogP contribution in [0.15, 0.2) is 0 Å². The molecular weight excluding hydrogens is 242 g/mol. The van der Waals surface area contributed by atoms with E-state index < -0.39 is 0 Å². The van der Waals surface area contributed by atoms with Crippen molar-refractivity contribution in [3.8, 4) is 0 Å². The Morgan fingerprint density at radius 1 is 1.42 bits per heavy atom. The van der Waals surface area contributed by atoms with Gasteiger partial charge in [0.25, 0.3) is 0 Å². The van der Waals surface area contributed by atoms with Gasteiger partial charge in [-0.3, -0.25) is 4.68 Å². The molecule has 1 aromatic rings. The second-order valence-corrected chi connectivity index (χ2v) is 5.29. The van der Waals surface area contributed by atoms with Crippen LogP contribution in [-0.4, -0.2) is 22.4 Å². The summed E-state index contributed by atoms with van der Waals surface area (Å²) in [4.78, 5) is 12.1. The first-order chi connectivity index (χ1) is 9.13. The molecule has 0 spiro atoms. The Balaban J connectivity index is 1.97. The van der Waals surface area contributed by atoms with Crippen LogP contribution in [0.3, 0.4) is 0 Å². The zero-order valence-electron chi connectivity index (χ0n) is 11.8. The van der Waals surface area contributed by atoms with Crippen LogP contribution in [-0.2, 0) is 18.2 Å². The number of nitrogens with two attached hydrogens (primary N) is 1. The van der Waals surface area contributed by atoms with Gasteiger partial charge in [0.2, 0.25) is 0 Å². The molecule has 5 heteroatoms. The van der Waals surface area contributed by atoms with E-state index in [9.17, 15) is 4.79 Å². The Morgan fingerprint density at radius 2 is 2.11 bits per heavy atom. The second kappa shape index (κ2) is 6.08. The molecule has 0 bridgehead atoms. The Hall–Kier alpha value is -1.52. The number of rotatable bonds is 4. The molecule has 19 heavy (non-hydrogen) atoms. The Morgan fingerprint density at radius 3 is 2.68 bits per heavy atom. The third-order valence-electron chi connectivity index (χ3n) is 3.86. The molecule has 0 amide bonds. The number of hydrogen-bond donors (Lipinski definition) is 1. The molecule has 5 nitrogen and oxygen atoms in total. The minimum Gasteiger partial charge on any atom is -0.461 e. The molecule has 1 fully saturated rings. The van der Waals surface area contributed by atoms with Gasteiger partial charge in [-0.25, -0.2) is 4.79 Å². The number of carbonyl (C=O) groups is 1. The van der Waals surface area contributed by atoms with Crippen molar-refractivity contribution >= 4 is 11.7 Å². The number of nitrogens with zero attached hydrogens (tertiary/aromatic N) is 2. The number of nitrogen functional groups attached to an aromatic ring is 1. The minimum atomic E-state index is -0.349. The summed E-state index contributed by atoms with van der Waals surface area (Å²) < 4.78 is 6.93. The molecule has 0 saturated heterocycles. The topological polar surface area (TPSA) is 70.1 Å². The van der Waals surface area contributed by atoms with Gasteiger partial charge < -0.3 is 10.5 Å². The molecule has 1 saturated carbocycles. The number of aryl methyl sites for hydroxylation is 2. The van der Waals surface area contributed by atoms with Gasteiger partial charge in [0.15, 0.2) is 5.69 Å². The molecule has 1 aromatic heterocycles. The minimum absolute atomic E-state index is 0.349. The third kappa shape index (κ3) is 3.08. The van der Waals surface area contributed by atoms with E-state index in [0.29, 0.717) is 23.9 Å². The van der Waals surface area contributed by atoms with Crippen LogP contribution in [0.25, 0.3) is 0 Å².